The molecule has 1 aromatic rings. The number of hydrogen-bond acceptors (Lipinski definition) is 3. The van der Waals surface area contributed by atoms with Crippen LogP contribution in [0.5, 0.6) is 0 Å². The van der Waals surface area contributed by atoms with E-state index in [0.29, 0.717) is 5.69 Å². The summed E-state index contributed by atoms with van der Waals surface area (Å²) in [6, 6.07) is 1.32. The van der Waals surface area contributed by atoms with Crippen LogP contribution < -0.4 is 0 Å². The molecule has 15 heavy (non-hydrogen) atoms. The zero-order valence-electron chi connectivity index (χ0n) is 8.09. The van der Waals surface area contributed by atoms with Gasteiger partial charge in [0.25, 0.3) is 5.92 Å². The van der Waals surface area contributed by atoms with Crippen molar-refractivity contribution in [1.82, 2.24) is 10.2 Å². The number of alkyl halides is 2. The van der Waals surface area contributed by atoms with E-state index in [1.807, 2.05) is 0 Å². The number of nitrogens with zero attached hydrogens (tertiary/aromatic N) is 1. The first-order valence-electron chi connectivity index (χ1n) is 4.65. The number of rotatable bonds is 3. The van der Waals surface area contributed by atoms with Crippen molar-refractivity contribution in [2.24, 2.45) is 0 Å². The standard InChI is InChI=1S/C9H10F2N2O2/c1-2-15-8(14)7-3-6(12-13-7)5-4-9(5,10)11/h3,5H,2,4H2,1H3,(H,12,13). The largest absolute Gasteiger partial charge is 0.461 e. The molecule has 0 aliphatic heterocycles. The monoisotopic (exact) mass is 216 g/mol. The van der Waals surface area contributed by atoms with Crippen LogP contribution in [0.4, 0.5) is 8.78 Å². The minimum atomic E-state index is -2.65. The van der Waals surface area contributed by atoms with Gasteiger partial charge in [-0.05, 0) is 13.0 Å². The number of ether oxygens (including phenoxy) is 1. The highest BCUT2D eigenvalue weighted by Crippen LogP contribution is 2.55. The van der Waals surface area contributed by atoms with Crippen LogP contribution in [0, 0.1) is 0 Å². The van der Waals surface area contributed by atoms with Gasteiger partial charge in [0.2, 0.25) is 0 Å². The third-order valence-electron chi connectivity index (χ3n) is 2.28. The van der Waals surface area contributed by atoms with E-state index in [4.69, 9.17) is 0 Å². The molecule has 0 radical (unpaired) electrons. The normalized spacial score (nSPS) is 22.5. The van der Waals surface area contributed by atoms with Crippen LogP contribution in [-0.2, 0) is 4.74 Å². The van der Waals surface area contributed by atoms with Crippen LogP contribution >= 0.6 is 0 Å². The molecule has 1 atom stereocenters. The summed E-state index contributed by atoms with van der Waals surface area (Å²) in [6.07, 6.45) is -0.183. The topological polar surface area (TPSA) is 55.0 Å². The fourth-order valence-electron chi connectivity index (χ4n) is 1.38. The minimum absolute atomic E-state index is 0.0505. The fourth-order valence-corrected chi connectivity index (χ4v) is 1.38. The summed E-state index contributed by atoms with van der Waals surface area (Å²) in [5, 5.41) is 6.06. The van der Waals surface area contributed by atoms with Gasteiger partial charge in [0.15, 0.2) is 5.69 Å². The number of nitrogens with one attached hydrogen (secondary N) is 1. The second-order valence-corrected chi connectivity index (χ2v) is 3.45. The van der Waals surface area contributed by atoms with Gasteiger partial charge in [-0.15, -0.1) is 0 Å². The van der Waals surface area contributed by atoms with E-state index in [-0.39, 0.29) is 18.7 Å². The first-order chi connectivity index (χ1) is 7.04. The van der Waals surface area contributed by atoms with Crippen LogP contribution in [0.1, 0.15) is 35.4 Å². The Morgan fingerprint density at radius 2 is 2.47 bits per heavy atom. The van der Waals surface area contributed by atoms with E-state index < -0.39 is 17.8 Å². The summed E-state index contributed by atoms with van der Waals surface area (Å²) in [4.78, 5) is 11.2. The molecule has 1 aliphatic carbocycles. The Morgan fingerprint density at radius 3 is 3.00 bits per heavy atom. The number of carbonyl (C=O) groups is 1. The van der Waals surface area contributed by atoms with Gasteiger partial charge in [0, 0.05) is 12.1 Å². The first-order valence-corrected chi connectivity index (χ1v) is 4.65. The number of hydrogen-bond donors (Lipinski definition) is 1. The Balaban J connectivity index is 2.08. The predicted octanol–water partition coefficient (Wildman–Crippen LogP) is 1.71. The van der Waals surface area contributed by atoms with Crippen molar-refractivity contribution in [2.45, 2.75) is 25.2 Å². The molecule has 1 heterocycles. The number of aromatic nitrogens is 2. The van der Waals surface area contributed by atoms with Crippen molar-refractivity contribution >= 4 is 5.97 Å². The summed E-state index contributed by atoms with van der Waals surface area (Å²) < 4.78 is 30.0. The number of halogens is 2. The van der Waals surface area contributed by atoms with E-state index in [9.17, 15) is 13.6 Å². The molecular formula is C9H10F2N2O2. The molecule has 0 spiro atoms. The number of H-pyrrole nitrogens is 1. The van der Waals surface area contributed by atoms with Crippen molar-refractivity contribution in [3.8, 4) is 0 Å². The average molecular weight is 216 g/mol. The highest BCUT2D eigenvalue weighted by molar-refractivity contribution is 5.87. The Kier molecular flexibility index (Phi) is 2.21. The summed E-state index contributed by atoms with van der Waals surface area (Å²) in [7, 11) is 0. The molecule has 1 aliphatic rings. The molecule has 1 unspecified atom stereocenters. The van der Waals surface area contributed by atoms with Crippen LogP contribution in [0.15, 0.2) is 6.07 Å². The van der Waals surface area contributed by atoms with Crippen molar-refractivity contribution in [3.05, 3.63) is 17.5 Å². The number of esters is 1. The van der Waals surface area contributed by atoms with Gasteiger partial charge < -0.3 is 4.74 Å². The number of aromatic amines is 1. The zero-order valence-corrected chi connectivity index (χ0v) is 8.09. The van der Waals surface area contributed by atoms with Crippen LogP contribution in [0.3, 0.4) is 0 Å². The maximum Gasteiger partial charge on any atom is 0.358 e. The molecule has 0 amide bonds. The number of carbonyl (C=O) groups excluding carboxylic acids is 1. The highest BCUT2D eigenvalue weighted by Gasteiger charge is 2.58. The highest BCUT2D eigenvalue weighted by atomic mass is 19.3. The quantitative estimate of drug-likeness (QED) is 0.782. The van der Waals surface area contributed by atoms with Gasteiger partial charge in [0.1, 0.15) is 0 Å². The van der Waals surface area contributed by atoms with Gasteiger partial charge in [-0.25, -0.2) is 13.6 Å². The van der Waals surface area contributed by atoms with Crippen molar-refractivity contribution in [3.63, 3.8) is 0 Å². The van der Waals surface area contributed by atoms with Gasteiger partial charge in [-0.1, -0.05) is 0 Å². The summed E-state index contributed by atoms with van der Waals surface area (Å²) in [5.74, 6) is -4.07. The molecule has 82 valence electrons. The SMILES string of the molecule is CCOC(=O)c1cc(C2CC2(F)F)[nH]n1. The Labute approximate surface area is 84.6 Å². The van der Waals surface area contributed by atoms with Crippen molar-refractivity contribution in [2.75, 3.05) is 6.61 Å². The maximum atomic E-state index is 12.7. The second-order valence-electron chi connectivity index (χ2n) is 3.45. The van der Waals surface area contributed by atoms with Crippen LogP contribution in [0.2, 0.25) is 0 Å². The average Bonchev–Trinajstić information content (AvgIpc) is 2.66. The molecule has 1 N–H and O–H groups in total. The maximum absolute atomic E-state index is 12.7. The van der Waals surface area contributed by atoms with Gasteiger partial charge in [-0.3, -0.25) is 5.10 Å². The molecule has 0 saturated heterocycles. The lowest BCUT2D eigenvalue weighted by Gasteiger charge is -1.95. The smallest absolute Gasteiger partial charge is 0.358 e. The van der Waals surface area contributed by atoms with E-state index in [0.717, 1.165) is 0 Å². The zero-order chi connectivity index (χ0) is 11.1. The summed E-state index contributed by atoms with van der Waals surface area (Å²) >= 11 is 0. The van der Waals surface area contributed by atoms with Crippen LogP contribution in [-0.4, -0.2) is 28.7 Å². The Bertz CT molecular complexity index is 389. The molecule has 2 rings (SSSR count). The van der Waals surface area contributed by atoms with E-state index in [1.54, 1.807) is 6.92 Å². The third-order valence-corrected chi connectivity index (χ3v) is 2.28. The second kappa shape index (κ2) is 3.29. The molecule has 0 bridgehead atoms. The lowest BCUT2D eigenvalue weighted by molar-refractivity contribution is 0.0519. The summed E-state index contributed by atoms with van der Waals surface area (Å²) in [6.45, 7) is 1.90. The third kappa shape index (κ3) is 1.84. The lowest BCUT2D eigenvalue weighted by Crippen LogP contribution is -2.04. The van der Waals surface area contributed by atoms with E-state index in [1.165, 1.54) is 6.07 Å². The van der Waals surface area contributed by atoms with E-state index >= 15 is 0 Å². The molecule has 6 heteroatoms. The molecule has 1 aromatic heterocycles. The Morgan fingerprint density at radius 1 is 1.80 bits per heavy atom. The van der Waals surface area contributed by atoms with E-state index in [2.05, 4.69) is 14.9 Å². The Hall–Kier alpha value is -1.46. The predicted molar refractivity (Wildman–Crippen MR) is 46.8 cm³/mol. The molecule has 0 aromatic carbocycles. The van der Waals surface area contributed by atoms with Crippen molar-refractivity contribution in [1.29, 1.82) is 0 Å². The van der Waals surface area contributed by atoms with Gasteiger partial charge in [0.05, 0.1) is 12.5 Å². The molecular weight excluding hydrogens is 206 g/mol. The fraction of sp³-hybridized carbons (Fsp3) is 0.556. The van der Waals surface area contributed by atoms with Crippen molar-refractivity contribution < 1.29 is 18.3 Å². The summed E-state index contributed by atoms with van der Waals surface area (Å²) in [5.41, 5.74) is 0.345. The van der Waals surface area contributed by atoms with Crippen LogP contribution in [0.25, 0.3) is 0 Å². The van der Waals surface area contributed by atoms with Gasteiger partial charge in [-0.2, -0.15) is 5.10 Å². The first kappa shape index (κ1) is 10.1. The molecule has 1 saturated carbocycles. The molecule has 4 nitrogen and oxygen atoms in total. The minimum Gasteiger partial charge on any atom is -0.461 e. The molecule has 1 fully saturated rings. The lowest BCUT2D eigenvalue weighted by atomic mass is 10.2. The van der Waals surface area contributed by atoms with Gasteiger partial charge >= 0.3 is 5.97 Å².